The van der Waals surface area contributed by atoms with Crippen LogP contribution in [0.5, 0.6) is 0 Å². The van der Waals surface area contributed by atoms with Crippen molar-refractivity contribution in [2.24, 2.45) is 0 Å². The van der Waals surface area contributed by atoms with Gasteiger partial charge in [-0.15, -0.1) is 0 Å². The number of alkyl halides is 3. The maximum Gasteiger partial charge on any atom is 0.418 e. The van der Waals surface area contributed by atoms with Gasteiger partial charge in [-0.3, -0.25) is 0 Å². The summed E-state index contributed by atoms with van der Waals surface area (Å²) < 4.78 is 63.9. The van der Waals surface area contributed by atoms with Gasteiger partial charge in [0.15, 0.2) is 0 Å². The third-order valence-corrected chi connectivity index (χ3v) is 13.0. The number of rotatable bonds is 6. The molecular weight excluding hydrogens is 787 g/mol. The molecule has 11 rings (SSSR count). The van der Waals surface area contributed by atoms with Gasteiger partial charge in [-0.2, -0.15) is 13.2 Å². The highest BCUT2D eigenvalue weighted by Gasteiger charge is 2.54. The molecule has 1 unspecified atom stereocenters. The summed E-state index contributed by atoms with van der Waals surface area (Å²) in [6, 6.07) is 63.3. The first-order valence-electron chi connectivity index (χ1n) is 21.1. The van der Waals surface area contributed by atoms with E-state index in [1.807, 2.05) is 153 Å². The average molecular weight is 826 g/mol. The first-order valence-corrected chi connectivity index (χ1v) is 21.1. The number of anilines is 3. The van der Waals surface area contributed by atoms with E-state index in [0.29, 0.717) is 22.5 Å². The zero-order valence-electron chi connectivity index (χ0n) is 34.5. The largest absolute Gasteiger partial charge is 0.418 e. The van der Waals surface area contributed by atoms with Crippen molar-refractivity contribution in [1.29, 1.82) is 0 Å². The number of benzene rings is 9. The lowest BCUT2D eigenvalue weighted by Gasteiger charge is -2.33. The molecule has 9 aromatic rings. The molecule has 0 bridgehead atoms. The normalized spacial score (nSPS) is 14.6. The first kappa shape index (κ1) is 38.4. The van der Waals surface area contributed by atoms with Gasteiger partial charge in [0.05, 0.1) is 16.7 Å². The number of halogens is 4. The Morgan fingerprint density at radius 3 is 1.73 bits per heavy atom. The fourth-order valence-electron chi connectivity index (χ4n) is 10.4. The second-order valence-electron chi connectivity index (χ2n) is 16.6. The van der Waals surface area contributed by atoms with Crippen molar-refractivity contribution in [1.82, 2.24) is 0 Å². The third kappa shape index (κ3) is 5.98. The van der Waals surface area contributed by atoms with Gasteiger partial charge in [-0.1, -0.05) is 152 Å². The molecule has 0 N–H and O–H groups in total. The van der Waals surface area contributed by atoms with Crippen LogP contribution in [0, 0.1) is 19.7 Å². The molecule has 0 fully saturated rings. The summed E-state index contributed by atoms with van der Waals surface area (Å²) in [5.41, 5.74) is 13.7. The van der Waals surface area contributed by atoms with Crippen molar-refractivity contribution in [3.63, 3.8) is 0 Å². The van der Waals surface area contributed by atoms with Gasteiger partial charge in [-0.05, 0) is 151 Å². The summed E-state index contributed by atoms with van der Waals surface area (Å²) in [4.78, 5) is 1.71. The monoisotopic (exact) mass is 825 g/mol. The standard InChI is InChI=1S/C58H39F4N/c1-36-14-11-25-50-54(36)48-23-13-22-46(56(48)57(50)49-24-10-9-21-47(49)55-37(2)32-43(59)35-52(55)57)42-28-31-53(51(34-42)58(60,61)62)63(44-29-26-40(27-30-44)38-15-5-3-6-16-38)45-20-12-19-41(33-45)39-17-7-4-8-18-39/h3-35H,1-2H3. The second kappa shape index (κ2) is 14.6. The molecular formula is C58H39F4N. The SMILES string of the molecule is Cc1cc(F)cc2c1-c1ccccc1C21c2cccc(C)c2-c2cccc(-c3ccc(N(c4ccc(-c5ccccc5)cc4)c4cccc(-c5ccccc5)c4)c(C(F)(F)F)c3)c21. The van der Waals surface area contributed by atoms with Crippen LogP contribution in [0.3, 0.4) is 0 Å². The lowest BCUT2D eigenvalue weighted by Crippen LogP contribution is -2.27. The number of nitrogens with zero attached hydrogens (tertiary/aromatic N) is 1. The van der Waals surface area contributed by atoms with E-state index in [0.717, 1.165) is 77.9 Å². The Hall–Kier alpha value is -7.50. The fourth-order valence-corrected chi connectivity index (χ4v) is 10.4. The van der Waals surface area contributed by atoms with E-state index in [1.165, 1.54) is 6.07 Å². The van der Waals surface area contributed by atoms with Gasteiger partial charge in [-0.25, -0.2) is 4.39 Å². The zero-order chi connectivity index (χ0) is 43.0. The van der Waals surface area contributed by atoms with Crippen LogP contribution in [-0.2, 0) is 11.6 Å². The maximum atomic E-state index is 16.0. The van der Waals surface area contributed by atoms with E-state index in [-0.39, 0.29) is 11.5 Å². The van der Waals surface area contributed by atoms with Crippen LogP contribution in [0.25, 0.3) is 55.6 Å². The van der Waals surface area contributed by atoms with Crippen LogP contribution in [-0.4, -0.2) is 0 Å². The van der Waals surface area contributed by atoms with Crippen LogP contribution < -0.4 is 4.90 Å². The summed E-state index contributed by atoms with van der Waals surface area (Å²) >= 11 is 0. The van der Waals surface area contributed by atoms with Crippen LogP contribution in [0.2, 0.25) is 0 Å². The minimum atomic E-state index is -4.74. The Morgan fingerprint density at radius 2 is 0.984 bits per heavy atom. The van der Waals surface area contributed by atoms with Crippen molar-refractivity contribution in [3.05, 3.63) is 245 Å². The quantitative estimate of drug-likeness (QED) is 0.151. The Labute approximate surface area is 364 Å². The highest BCUT2D eigenvalue weighted by molar-refractivity contribution is 6.00. The smallest absolute Gasteiger partial charge is 0.310 e. The number of fused-ring (bicyclic) bond motifs is 10. The second-order valence-corrected chi connectivity index (χ2v) is 16.6. The summed E-state index contributed by atoms with van der Waals surface area (Å²) in [7, 11) is 0. The molecule has 0 saturated heterocycles. The van der Waals surface area contributed by atoms with Crippen molar-refractivity contribution in [3.8, 4) is 55.6 Å². The summed E-state index contributed by atoms with van der Waals surface area (Å²) in [5.74, 6) is -0.351. The number of hydrogen-bond acceptors (Lipinski definition) is 1. The molecule has 0 amide bonds. The van der Waals surface area contributed by atoms with Crippen LogP contribution in [0.4, 0.5) is 34.6 Å². The Morgan fingerprint density at radius 1 is 0.413 bits per heavy atom. The maximum absolute atomic E-state index is 16.0. The number of hydrogen-bond donors (Lipinski definition) is 0. The van der Waals surface area contributed by atoms with Crippen molar-refractivity contribution in [2.75, 3.05) is 4.90 Å². The van der Waals surface area contributed by atoms with E-state index in [1.54, 1.807) is 23.1 Å². The van der Waals surface area contributed by atoms with E-state index >= 15 is 17.6 Å². The van der Waals surface area contributed by atoms with E-state index in [9.17, 15) is 0 Å². The molecule has 0 radical (unpaired) electrons. The molecule has 1 atom stereocenters. The highest BCUT2D eigenvalue weighted by atomic mass is 19.4. The zero-order valence-corrected chi connectivity index (χ0v) is 34.5. The molecule has 304 valence electrons. The van der Waals surface area contributed by atoms with E-state index in [2.05, 4.69) is 37.3 Å². The van der Waals surface area contributed by atoms with Crippen molar-refractivity contribution < 1.29 is 17.6 Å². The van der Waals surface area contributed by atoms with Crippen LogP contribution >= 0.6 is 0 Å². The van der Waals surface area contributed by atoms with Crippen LogP contribution in [0.1, 0.15) is 38.9 Å². The van der Waals surface area contributed by atoms with Gasteiger partial charge in [0, 0.05) is 11.4 Å². The average Bonchev–Trinajstić information content (AvgIpc) is 3.78. The predicted molar refractivity (Wildman–Crippen MR) is 248 cm³/mol. The molecule has 0 aliphatic heterocycles. The Bertz CT molecular complexity index is 3240. The molecule has 2 aliphatic carbocycles. The minimum absolute atomic E-state index is 0.000373. The van der Waals surface area contributed by atoms with Gasteiger partial charge in [0.2, 0.25) is 0 Å². The molecule has 2 aliphatic rings. The molecule has 9 aromatic carbocycles. The molecule has 1 nitrogen and oxygen atoms in total. The van der Waals surface area contributed by atoms with Gasteiger partial charge in [0.1, 0.15) is 5.82 Å². The van der Waals surface area contributed by atoms with E-state index < -0.39 is 17.2 Å². The molecule has 0 heterocycles. The molecule has 1 spiro atoms. The van der Waals surface area contributed by atoms with Crippen molar-refractivity contribution >= 4 is 17.1 Å². The third-order valence-electron chi connectivity index (χ3n) is 13.0. The lowest BCUT2D eigenvalue weighted by atomic mass is 9.68. The molecule has 5 heteroatoms. The topological polar surface area (TPSA) is 3.24 Å². The minimum Gasteiger partial charge on any atom is -0.310 e. The molecule has 63 heavy (non-hydrogen) atoms. The molecule has 0 aromatic heterocycles. The van der Waals surface area contributed by atoms with E-state index in [4.69, 9.17) is 0 Å². The van der Waals surface area contributed by atoms with Gasteiger partial charge < -0.3 is 4.90 Å². The summed E-state index contributed by atoms with van der Waals surface area (Å²) in [6.07, 6.45) is -4.74. The van der Waals surface area contributed by atoms with Crippen molar-refractivity contribution in [2.45, 2.75) is 25.4 Å². The number of aryl methyl sites for hydroxylation is 2. The summed E-state index contributed by atoms with van der Waals surface area (Å²) in [6.45, 7) is 4.00. The predicted octanol–water partition coefficient (Wildman–Crippen LogP) is 16.3. The highest BCUT2D eigenvalue weighted by Crippen LogP contribution is 2.65. The van der Waals surface area contributed by atoms with Gasteiger partial charge in [0.25, 0.3) is 0 Å². The van der Waals surface area contributed by atoms with Gasteiger partial charge >= 0.3 is 6.18 Å². The Balaban J connectivity index is 1.15. The van der Waals surface area contributed by atoms with Crippen LogP contribution in [0.15, 0.2) is 200 Å². The fraction of sp³-hybridized carbons (Fsp3) is 0.0690. The first-order chi connectivity index (χ1) is 30.6. The Kier molecular flexibility index (Phi) is 8.88. The lowest BCUT2D eigenvalue weighted by molar-refractivity contribution is -0.137. The summed E-state index contributed by atoms with van der Waals surface area (Å²) in [5, 5.41) is 0. The molecule has 0 saturated carbocycles.